The zero-order valence-electron chi connectivity index (χ0n) is 5.79. The van der Waals surface area contributed by atoms with Crippen LogP contribution < -0.4 is 0 Å². The zero-order chi connectivity index (χ0) is 8.48. The summed E-state index contributed by atoms with van der Waals surface area (Å²) in [5, 5.41) is 0. The zero-order valence-corrected chi connectivity index (χ0v) is 7.37. The van der Waals surface area contributed by atoms with E-state index in [1.165, 1.54) is 6.08 Å². The number of halogens is 4. The van der Waals surface area contributed by atoms with Crippen LogP contribution in [-0.2, 0) is 0 Å². The van der Waals surface area contributed by atoms with Crippen molar-refractivity contribution in [2.45, 2.75) is 30.3 Å². The summed E-state index contributed by atoms with van der Waals surface area (Å²) in [4.78, 5) is 0.230. The van der Waals surface area contributed by atoms with Gasteiger partial charge in [0.25, 0.3) is 0 Å². The Labute approximate surface area is 71.6 Å². The first-order chi connectivity index (χ1) is 5.00. The first-order valence-corrected chi connectivity index (χ1v) is 4.32. The lowest BCUT2D eigenvalue weighted by Crippen LogP contribution is -2.16. The standard InChI is InChI=1S/C7H8BrF3/c8-6-3-1-5(2-4-6)7(9,10)11/h1,6H,2-4H2. The molecule has 1 aliphatic rings. The molecule has 0 heterocycles. The van der Waals surface area contributed by atoms with E-state index in [0.29, 0.717) is 12.8 Å². The van der Waals surface area contributed by atoms with Gasteiger partial charge in [0.15, 0.2) is 0 Å². The van der Waals surface area contributed by atoms with Crippen molar-refractivity contribution >= 4 is 15.9 Å². The van der Waals surface area contributed by atoms with Gasteiger partial charge in [0, 0.05) is 10.4 Å². The van der Waals surface area contributed by atoms with Gasteiger partial charge in [0.05, 0.1) is 0 Å². The van der Waals surface area contributed by atoms with E-state index < -0.39 is 6.18 Å². The molecular weight excluding hydrogens is 221 g/mol. The molecule has 1 rings (SSSR count). The van der Waals surface area contributed by atoms with Gasteiger partial charge in [-0.05, 0) is 19.3 Å². The average Bonchev–Trinajstić information content (AvgIpc) is 1.86. The highest BCUT2D eigenvalue weighted by atomic mass is 79.9. The van der Waals surface area contributed by atoms with Crippen LogP contribution in [0.2, 0.25) is 0 Å². The van der Waals surface area contributed by atoms with Crippen molar-refractivity contribution in [2.75, 3.05) is 0 Å². The van der Waals surface area contributed by atoms with E-state index in [1.807, 2.05) is 0 Å². The van der Waals surface area contributed by atoms with Crippen molar-refractivity contribution in [1.29, 1.82) is 0 Å². The van der Waals surface area contributed by atoms with Crippen LogP contribution in [0, 0.1) is 0 Å². The Bertz CT molecular complexity index is 171. The summed E-state index contributed by atoms with van der Waals surface area (Å²) in [6.45, 7) is 0. The molecule has 1 aliphatic carbocycles. The Morgan fingerprint density at radius 3 is 2.45 bits per heavy atom. The van der Waals surface area contributed by atoms with Gasteiger partial charge in [-0.2, -0.15) is 13.2 Å². The number of hydrogen-bond donors (Lipinski definition) is 0. The summed E-state index contributed by atoms with van der Waals surface area (Å²) in [5.74, 6) is 0. The van der Waals surface area contributed by atoms with Gasteiger partial charge in [-0.15, -0.1) is 0 Å². The fourth-order valence-electron chi connectivity index (χ4n) is 1.06. The summed E-state index contributed by atoms with van der Waals surface area (Å²) in [5.41, 5.74) is -0.367. The third-order valence-corrected chi connectivity index (χ3v) is 2.54. The molecule has 0 aromatic carbocycles. The highest BCUT2D eigenvalue weighted by molar-refractivity contribution is 9.09. The Kier molecular flexibility index (Phi) is 2.62. The Morgan fingerprint density at radius 2 is 2.09 bits per heavy atom. The lowest BCUT2D eigenvalue weighted by Gasteiger charge is -2.18. The maximum Gasteiger partial charge on any atom is 0.412 e. The third kappa shape index (κ3) is 2.51. The van der Waals surface area contributed by atoms with Crippen molar-refractivity contribution in [1.82, 2.24) is 0 Å². The predicted molar refractivity (Wildman–Crippen MR) is 40.7 cm³/mol. The Balaban J connectivity index is 2.62. The van der Waals surface area contributed by atoms with Crippen LogP contribution in [0.4, 0.5) is 13.2 Å². The highest BCUT2D eigenvalue weighted by Crippen LogP contribution is 2.34. The molecule has 0 aliphatic heterocycles. The van der Waals surface area contributed by atoms with E-state index >= 15 is 0 Å². The number of allylic oxidation sites excluding steroid dienone is 2. The molecule has 64 valence electrons. The van der Waals surface area contributed by atoms with Crippen LogP contribution in [0.15, 0.2) is 11.6 Å². The van der Waals surface area contributed by atoms with Crippen molar-refractivity contribution < 1.29 is 13.2 Å². The van der Waals surface area contributed by atoms with Crippen LogP contribution in [0.25, 0.3) is 0 Å². The molecule has 1 unspecified atom stereocenters. The molecule has 0 N–H and O–H groups in total. The average molecular weight is 229 g/mol. The molecule has 0 radical (unpaired) electrons. The smallest absolute Gasteiger partial charge is 0.166 e. The summed E-state index contributed by atoms with van der Waals surface area (Å²) in [6, 6.07) is 0. The largest absolute Gasteiger partial charge is 0.412 e. The van der Waals surface area contributed by atoms with Crippen LogP contribution in [0.1, 0.15) is 19.3 Å². The second-order valence-corrected chi connectivity index (χ2v) is 3.89. The summed E-state index contributed by atoms with van der Waals surface area (Å²) in [7, 11) is 0. The van der Waals surface area contributed by atoms with E-state index in [9.17, 15) is 13.2 Å². The van der Waals surface area contributed by atoms with E-state index in [2.05, 4.69) is 15.9 Å². The van der Waals surface area contributed by atoms with Gasteiger partial charge in [-0.3, -0.25) is 0 Å². The lowest BCUT2D eigenvalue weighted by atomic mass is 9.99. The minimum atomic E-state index is -4.10. The second-order valence-electron chi connectivity index (χ2n) is 2.60. The molecule has 0 bridgehead atoms. The van der Waals surface area contributed by atoms with Crippen molar-refractivity contribution in [2.24, 2.45) is 0 Å². The Hall–Kier alpha value is 0.01000. The molecule has 1 atom stereocenters. The van der Waals surface area contributed by atoms with E-state index in [4.69, 9.17) is 0 Å². The van der Waals surface area contributed by atoms with Crippen molar-refractivity contribution in [3.63, 3.8) is 0 Å². The van der Waals surface area contributed by atoms with Crippen LogP contribution in [-0.4, -0.2) is 11.0 Å². The molecular formula is C7H8BrF3. The van der Waals surface area contributed by atoms with Crippen molar-refractivity contribution in [3.8, 4) is 0 Å². The number of rotatable bonds is 0. The van der Waals surface area contributed by atoms with E-state index in [0.717, 1.165) is 0 Å². The molecule has 0 spiro atoms. The topological polar surface area (TPSA) is 0 Å². The van der Waals surface area contributed by atoms with Crippen LogP contribution in [0.3, 0.4) is 0 Å². The minimum absolute atomic E-state index is 0.152. The van der Waals surface area contributed by atoms with Gasteiger partial charge in [0.2, 0.25) is 0 Å². The minimum Gasteiger partial charge on any atom is -0.166 e. The molecule has 0 saturated heterocycles. The molecule has 4 heteroatoms. The molecule has 0 aromatic heterocycles. The Morgan fingerprint density at radius 1 is 1.45 bits per heavy atom. The number of alkyl halides is 4. The number of hydrogen-bond acceptors (Lipinski definition) is 0. The SMILES string of the molecule is FC(F)(F)C1=CCC(Br)CC1. The fraction of sp³-hybridized carbons (Fsp3) is 0.714. The van der Waals surface area contributed by atoms with E-state index in [-0.39, 0.29) is 16.8 Å². The van der Waals surface area contributed by atoms with Gasteiger partial charge in [-0.25, -0.2) is 0 Å². The predicted octanol–water partition coefficient (Wildman–Crippen LogP) is 3.42. The first kappa shape index (κ1) is 9.10. The van der Waals surface area contributed by atoms with Crippen LogP contribution >= 0.6 is 15.9 Å². The summed E-state index contributed by atoms with van der Waals surface area (Å²) >= 11 is 3.27. The second kappa shape index (κ2) is 3.17. The third-order valence-electron chi connectivity index (χ3n) is 1.71. The molecule has 0 fully saturated rings. The van der Waals surface area contributed by atoms with Gasteiger partial charge < -0.3 is 0 Å². The lowest BCUT2D eigenvalue weighted by molar-refractivity contribution is -0.0949. The fourth-order valence-corrected chi connectivity index (χ4v) is 1.48. The maximum atomic E-state index is 12.0. The van der Waals surface area contributed by atoms with Crippen molar-refractivity contribution in [3.05, 3.63) is 11.6 Å². The molecule has 0 amide bonds. The normalized spacial score (nSPS) is 26.5. The molecule has 0 saturated carbocycles. The highest BCUT2D eigenvalue weighted by Gasteiger charge is 2.34. The first-order valence-electron chi connectivity index (χ1n) is 3.40. The molecule has 0 nitrogen and oxygen atoms in total. The van der Waals surface area contributed by atoms with Gasteiger partial charge in [-0.1, -0.05) is 22.0 Å². The monoisotopic (exact) mass is 228 g/mol. The van der Waals surface area contributed by atoms with Gasteiger partial charge >= 0.3 is 6.18 Å². The molecule has 11 heavy (non-hydrogen) atoms. The van der Waals surface area contributed by atoms with E-state index in [1.54, 1.807) is 0 Å². The summed E-state index contributed by atoms with van der Waals surface area (Å²) in [6.07, 6.45) is -1.59. The maximum absolute atomic E-state index is 12.0. The quantitative estimate of drug-likeness (QED) is 0.441. The summed E-state index contributed by atoms with van der Waals surface area (Å²) < 4.78 is 36.0. The molecule has 0 aromatic rings. The van der Waals surface area contributed by atoms with Crippen LogP contribution in [0.5, 0.6) is 0 Å². The van der Waals surface area contributed by atoms with Gasteiger partial charge in [0.1, 0.15) is 0 Å².